The minimum Gasteiger partial charge on any atom is -0.444 e. The van der Waals surface area contributed by atoms with Gasteiger partial charge in [0.15, 0.2) is 0 Å². The predicted molar refractivity (Wildman–Crippen MR) is 99.5 cm³/mol. The van der Waals surface area contributed by atoms with Gasteiger partial charge >= 0.3 is 6.09 Å². The molecule has 0 aromatic heterocycles. The van der Waals surface area contributed by atoms with Gasteiger partial charge < -0.3 is 15.4 Å². The molecule has 2 rings (SSSR count). The average Bonchev–Trinajstić information content (AvgIpc) is 2.54. The Balaban J connectivity index is 2.11. The molecule has 0 radical (unpaired) electrons. The van der Waals surface area contributed by atoms with Gasteiger partial charge in [0.1, 0.15) is 11.6 Å². The minimum atomic E-state index is -0.590. The maximum atomic E-state index is 12.9. The zero-order valence-electron chi connectivity index (χ0n) is 15.7. The maximum absolute atomic E-state index is 12.9. The lowest BCUT2D eigenvalue weighted by atomic mass is 9.83. The van der Waals surface area contributed by atoms with Gasteiger partial charge in [-0.05, 0) is 58.1 Å². The number of anilines is 1. The third kappa shape index (κ3) is 6.07. The van der Waals surface area contributed by atoms with Crippen LogP contribution in [0, 0.1) is 12.8 Å². The van der Waals surface area contributed by atoms with Gasteiger partial charge in [-0.15, -0.1) is 0 Å². The van der Waals surface area contributed by atoms with Gasteiger partial charge in [0, 0.05) is 5.69 Å². The molecule has 0 spiro atoms. The molecule has 1 atom stereocenters. The molecule has 1 unspecified atom stereocenters. The van der Waals surface area contributed by atoms with Crippen LogP contribution in [0.5, 0.6) is 0 Å². The third-order valence-electron chi connectivity index (χ3n) is 4.48. The van der Waals surface area contributed by atoms with Crippen molar-refractivity contribution in [1.82, 2.24) is 5.32 Å². The van der Waals surface area contributed by atoms with Crippen molar-refractivity contribution in [2.24, 2.45) is 5.92 Å². The molecule has 2 N–H and O–H groups in total. The molecule has 5 nitrogen and oxygen atoms in total. The summed E-state index contributed by atoms with van der Waals surface area (Å²) in [6.45, 7) is 7.40. The van der Waals surface area contributed by atoms with E-state index in [4.69, 9.17) is 4.74 Å². The Morgan fingerprint density at radius 2 is 1.76 bits per heavy atom. The van der Waals surface area contributed by atoms with E-state index in [1.165, 1.54) is 6.42 Å². The molecule has 25 heavy (non-hydrogen) atoms. The van der Waals surface area contributed by atoms with Crippen LogP contribution in [0.4, 0.5) is 10.5 Å². The summed E-state index contributed by atoms with van der Waals surface area (Å²) in [7, 11) is 0. The number of benzene rings is 1. The van der Waals surface area contributed by atoms with Crippen molar-refractivity contribution < 1.29 is 14.3 Å². The summed E-state index contributed by atoms with van der Waals surface area (Å²) < 4.78 is 5.35. The highest BCUT2D eigenvalue weighted by Gasteiger charge is 2.32. The first-order chi connectivity index (χ1) is 11.8. The predicted octanol–water partition coefficient (Wildman–Crippen LogP) is 4.41. The fraction of sp³-hybridized carbons (Fsp3) is 0.600. The second-order valence-electron chi connectivity index (χ2n) is 7.83. The molecule has 0 heterocycles. The molecule has 5 heteroatoms. The minimum absolute atomic E-state index is 0.144. The van der Waals surface area contributed by atoms with E-state index in [2.05, 4.69) is 10.6 Å². The van der Waals surface area contributed by atoms with Crippen molar-refractivity contribution in [2.75, 3.05) is 5.32 Å². The number of nitrogens with one attached hydrogen (secondary N) is 2. The van der Waals surface area contributed by atoms with Crippen molar-refractivity contribution in [3.05, 3.63) is 29.8 Å². The summed E-state index contributed by atoms with van der Waals surface area (Å²) in [4.78, 5) is 25.1. The summed E-state index contributed by atoms with van der Waals surface area (Å²) in [5, 5.41) is 5.78. The van der Waals surface area contributed by atoms with Crippen LogP contribution in [0.25, 0.3) is 0 Å². The first-order valence-electron chi connectivity index (χ1n) is 9.12. The van der Waals surface area contributed by atoms with Crippen LogP contribution < -0.4 is 10.6 Å². The van der Waals surface area contributed by atoms with E-state index in [0.29, 0.717) is 0 Å². The molecular weight excluding hydrogens is 316 g/mol. The highest BCUT2D eigenvalue weighted by Crippen LogP contribution is 2.27. The van der Waals surface area contributed by atoms with Crippen molar-refractivity contribution in [3.63, 3.8) is 0 Å². The number of alkyl carbamates (subject to hydrolysis) is 1. The zero-order chi connectivity index (χ0) is 18.4. The number of para-hydroxylation sites is 1. The Kier molecular flexibility index (Phi) is 6.45. The molecule has 1 saturated carbocycles. The van der Waals surface area contributed by atoms with Gasteiger partial charge in [-0.1, -0.05) is 37.5 Å². The number of amides is 2. The van der Waals surface area contributed by atoms with Crippen molar-refractivity contribution >= 4 is 17.7 Å². The molecule has 1 aliphatic carbocycles. The second-order valence-corrected chi connectivity index (χ2v) is 7.83. The summed E-state index contributed by atoms with van der Waals surface area (Å²) in [6.07, 6.45) is 4.73. The number of ether oxygens (including phenoxy) is 1. The lowest BCUT2D eigenvalue weighted by Crippen LogP contribution is -2.50. The quantitative estimate of drug-likeness (QED) is 0.849. The molecule has 138 valence electrons. The molecule has 0 bridgehead atoms. The number of carbonyl (C=O) groups is 2. The first kappa shape index (κ1) is 19.3. The van der Waals surface area contributed by atoms with Gasteiger partial charge in [-0.25, -0.2) is 4.79 Å². The molecule has 0 aliphatic heterocycles. The Morgan fingerprint density at radius 1 is 1.12 bits per heavy atom. The number of carbonyl (C=O) groups excluding carboxylic acids is 2. The van der Waals surface area contributed by atoms with Crippen LogP contribution >= 0.6 is 0 Å². The first-order valence-corrected chi connectivity index (χ1v) is 9.12. The second kappa shape index (κ2) is 8.37. The van der Waals surface area contributed by atoms with E-state index in [9.17, 15) is 9.59 Å². The summed E-state index contributed by atoms with van der Waals surface area (Å²) in [6, 6.07) is 7.07. The highest BCUT2D eigenvalue weighted by molar-refractivity contribution is 5.97. The van der Waals surface area contributed by atoms with E-state index in [1.807, 2.05) is 52.0 Å². The van der Waals surface area contributed by atoms with Crippen LogP contribution in [0.1, 0.15) is 58.4 Å². The van der Waals surface area contributed by atoms with Crippen LogP contribution in [0.15, 0.2) is 24.3 Å². The number of hydrogen-bond acceptors (Lipinski definition) is 3. The normalized spacial score (nSPS) is 16.8. The Morgan fingerprint density at radius 3 is 2.36 bits per heavy atom. The fourth-order valence-corrected chi connectivity index (χ4v) is 3.22. The van der Waals surface area contributed by atoms with E-state index >= 15 is 0 Å². The molecule has 0 saturated heterocycles. The molecule has 1 aliphatic rings. The van der Waals surface area contributed by atoms with Crippen molar-refractivity contribution in [2.45, 2.75) is 71.4 Å². The van der Waals surface area contributed by atoms with Crippen molar-refractivity contribution in [3.8, 4) is 0 Å². The summed E-state index contributed by atoms with van der Waals surface area (Å²) in [5.41, 5.74) is 1.18. The number of aryl methyl sites for hydroxylation is 1. The topological polar surface area (TPSA) is 67.4 Å². The van der Waals surface area contributed by atoms with E-state index in [1.54, 1.807) is 0 Å². The third-order valence-corrected chi connectivity index (χ3v) is 4.48. The van der Waals surface area contributed by atoms with Gasteiger partial charge in [-0.3, -0.25) is 4.79 Å². The van der Waals surface area contributed by atoms with E-state index in [-0.39, 0.29) is 11.8 Å². The Bertz CT molecular complexity index is 601. The van der Waals surface area contributed by atoms with E-state index in [0.717, 1.165) is 36.9 Å². The van der Waals surface area contributed by atoms with Gasteiger partial charge in [-0.2, -0.15) is 0 Å². The average molecular weight is 346 g/mol. The van der Waals surface area contributed by atoms with Crippen LogP contribution in [0.3, 0.4) is 0 Å². The number of rotatable bonds is 4. The fourth-order valence-electron chi connectivity index (χ4n) is 3.22. The SMILES string of the molecule is Cc1ccccc1NC(=O)C(NC(=O)OC(C)(C)C)C1CCCCC1. The zero-order valence-corrected chi connectivity index (χ0v) is 15.7. The molecule has 1 aromatic rings. The van der Waals surface area contributed by atoms with E-state index < -0.39 is 17.7 Å². The molecule has 1 aromatic carbocycles. The Labute approximate surface area is 150 Å². The van der Waals surface area contributed by atoms with Gasteiger partial charge in [0.05, 0.1) is 0 Å². The molecule has 2 amide bonds. The van der Waals surface area contributed by atoms with Crippen LogP contribution in [0.2, 0.25) is 0 Å². The van der Waals surface area contributed by atoms with Crippen molar-refractivity contribution in [1.29, 1.82) is 0 Å². The highest BCUT2D eigenvalue weighted by atomic mass is 16.6. The van der Waals surface area contributed by atoms with Crippen LogP contribution in [-0.4, -0.2) is 23.6 Å². The monoisotopic (exact) mass is 346 g/mol. The Hall–Kier alpha value is -2.04. The lowest BCUT2D eigenvalue weighted by molar-refractivity contribution is -0.119. The summed E-state index contributed by atoms with van der Waals surface area (Å²) in [5.74, 6) is -0.0302. The largest absolute Gasteiger partial charge is 0.444 e. The molecule has 1 fully saturated rings. The molecular formula is C20H30N2O3. The smallest absolute Gasteiger partial charge is 0.408 e. The van der Waals surface area contributed by atoms with Gasteiger partial charge in [0.25, 0.3) is 0 Å². The standard InChI is InChI=1S/C20H30N2O3/c1-14-10-8-9-13-16(14)21-18(23)17(15-11-6-5-7-12-15)22-19(24)25-20(2,3)4/h8-10,13,15,17H,5-7,11-12H2,1-4H3,(H,21,23)(H,22,24). The maximum Gasteiger partial charge on any atom is 0.408 e. The van der Waals surface area contributed by atoms with Crippen LogP contribution in [-0.2, 0) is 9.53 Å². The number of hydrogen-bond donors (Lipinski definition) is 2. The lowest BCUT2D eigenvalue weighted by Gasteiger charge is -2.31. The van der Waals surface area contributed by atoms with Gasteiger partial charge in [0.2, 0.25) is 5.91 Å². The summed E-state index contributed by atoms with van der Waals surface area (Å²) >= 11 is 0.